The molecule has 2 rings (SSSR count). The molecule has 114 valence electrons. The molecule has 21 heavy (non-hydrogen) atoms. The molecule has 0 radical (unpaired) electrons. The van der Waals surface area contributed by atoms with Gasteiger partial charge >= 0.3 is 0 Å². The number of nitrogens with zero attached hydrogens (tertiary/aromatic N) is 3. The summed E-state index contributed by atoms with van der Waals surface area (Å²) in [7, 11) is 2.10. The van der Waals surface area contributed by atoms with Gasteiger partial charge in [-0.1, -0.05) is 12.1 Å². The molecule has 1 aliphatic rings. The topological polar surface area (TPSA) is 56.9 Å². The molecule has 0 atom stereocenters. The van der Waals surface area contributed by atoms with Crippen molar-refractivity contribution in [3.05, 3.63) is 35.1 Å². The summed E-state index contributed by atoms with van der Waals surface area (Å²) in [4.78, 5) is 4.54. The number of hydrogen-bond acceptors (Lipinski definition) is 4. The predicted molar refractivity (Wildman–Crippen MR) is 86.7 cm³/mol. The van der Waals surface area contributed by atoms with E-state index in [1.807, 2.05) is 6.07 Å². The minimum Gasteiger partial charge on any atom is -0.375 e. The molecule has 7 heteroatoms. The van der Waals surface area contributed by atoms with Gasteiger partial charge in [-0.25, -0.2) is 4.39 Å². The number of hydrogen-bond donors (Lipinski definition) is 2. The minimum atomic E-state index is -0.215. The monoisotopic (exact) mass is 309 g/mol. The molecular formula is C14H20FN5S. The highest BCUT2D eigenvalue weighted by Crippen LogP contribution is 2.13. The van der Waals surface area contributed by atoms with Crippen molar-refractivity contribution in [3.8, 4) is 0 Å². The summed E-state index contributed by atoms with van der Waals surface area (Å²) < 4.78 is 14.1. The number of nitrogens with one attached hydrogen (secondary N) is 1. The van der Waals surface area contributed by atoms with Gasteiger partial charge in [0, 0.05) is 38.3 Å². The number of piperazine rings is 1. The molecular weight excluding hydrogens is 289 g/mol. The fourth-order valence-electron chi connectivity index (χ4n) is 2.19. The van der Waals surface area contributed by atoms with Gasteiger partial charge in [0.05, 0.1) is 6.21 Å². The molecule has 1 fully saturated rings. The Morgan fingerprint density at radius 2 is 2.14 bits per heavy atom. The van der Waals surface area contributed by atoms with Gasteiger partial charge in [-0.3, -0.25) is 10.3 Å². The highest BCUT2D eigenvalue weighted by atomic mass is 32.1. The Morgan fingerprint density at radius 3 is 2.76 bits per heavy atom. The number of thiocarbonyl (C=S) groups is 1. The fourth-order valence-corrected chi connectivity index (χ4v) is 2.24. The van der Waals surface area contributed by atoms with E-state index in [0.717, 1.165) is 26.2 Å². The quantitative estimate of drug-likeness (QED) is 0.488. The Hall–Kier alpha value is -1.57. The van der Waals surface area contributed by atoms with E-state index in [2.05, 4.69) is 39.6 Å². The van der Waals surface area contributed by atoms with Crippen molar-refractivity contribution in [2.24, 2.45) is 10.8 Å². The maximum absolute atomic E-state index is 14.1. The second-order valence-corrected chi connectivity index (χ2v) is 5.60. The van der Waals surface area contributed by atoms with E-state index in [1.54, 1.807) is 6.07 Å². The van der Waals surface area contributed by atoms with Gasteiger partial charge in [-0.05, 0) is 30.9 Å². The zero-order valence-corrected chi connectivity index (χ0v) is 12.9. The largest absolute Gasteiger partial charge is 0.375 e. The van der Waals surface area contributed by atoms with E-state index in [-0.39, 0.29) is 10.9 Å². The van der Waals surface area contributed by atoms with Gasteiger partial charge in [-0.15, -0.1) is 0 Å². The van der Waals surface area contributed by atoms with Crippen LogP contribution in [0.1, 0.15) is 11.1 Å². The normalized spacial score (nSPS) is 17.2. The molecule has 1 aliphatic heterocycles. The third-order valence-corrected chi connectivity index (χ3v) is 3.55. The Labute approximate surface area is 129 Å². The minimum absolute atomic E-state index is 0.0819. The molecule has 1 heterocycles. The number of hydrazone groups is 1. The summed E-state index contributed by atoms with van der Waals surface area (Å²) in [6.07, 6.45) is 1.49. The average Bonchev–Trinajstić information content (AvgIpc) is 2.44. The second kappa shape index (κ2) is 7.44. The standard InChI is InChI=1S/C14H20FN5S/c1-19-4-6-20(7-5-19)10-12-3-2-11(8-13(12)15)9-17-18-14(16)21/h2-3,8-9H,4-7,10H2,1H3,(H3,16,18,21). The van der Waals surface area contributed by atoms with Crippen LogP contribution in [0.3, 0.4) is 0 Å². The maximum atomic E-state index is 14.1. The number of rotatable bonds is 4. The van der Waals surface area contributed by atoms with Crippen molar-refractivity contribution in [2.75, 3.05) is 33.2 Å². The van der Waals surface area contributed by atoms with Crippen molar-refractivity contribution in [1.29, 1.82) is 0 Å². The molecule has 0 unspecified atom stereocenters. The van der Waals surface area contributed by atoms with Crippen molar-refractivity contribution in [2.45, 2.75) is 6.54 Å². The van der Waals surface area contributed by atoms with Crippen molar-refractivity contribution < 1.29 is 4.39 Å². The molecule has 3 N–H and O–H groups in total. The van der Waals surface area contributed by atoms with Crippen LogP contribution in [0, 0.1) is 5.82 Å². The van der Waals surface area contributed by atoms with Gasteiger partial charge in [0.1, 0.15) is 5.82 Å². The third-order valence-electron chi connectivity index (χ3n) is 3.46. The zero-order chi connectivity index (χ0) is 15.2. The van der Waals surface area contributed by atoms with Crippen LogP contribution < -0.4 is 11.2 Å². The van der Waals surface area contributed by atoms with Crippen LogP contribution >= 0.6 is 12.2 Å². The Bertz CT molecular complexity index is 526. The van der Waals surface area contributed by atoms with Gasteiger partial charge < -0.3 is 10.6 Å². The Balaban J connectivity index is 1.95. The molecule has 0 aliphatic carbocycles. The van der Waals surface area contributed by atoms with E-state index in [1.165, 1.54) is 12.3 Å². The first-order valence-electron chi connectivity index (χ1n) is 6.82. The molecule has 1 aromatic rings. The molecule has 0 saturated carbocycles. The highest BCUT2D eigenvalue weighted by Gasteiger charge is 2.15. The van der Waals surface area contributed by atoms with E-state index in [9.17, 15) is 4.39 Å². The van der Waals surface area contributed by atoms with Crippen LogP contribution in [-0.4, -0.2) is 54.4 Å². The van der Waals surface area contributed by atoms with Crippen LogP contribution in [0.25, 0.3) is 0 Å². The van der Waals surface area contributed by atoms with Crippen LogP contribution in [0.2, 0.25) is 0 Å². The smallest absolute Gasteiger partial charge is 0.184 e. The maximum Gasteiger partial charge on any atom is 0.184 e. The summed E-state index contributed by atoms with van der Waals surface area (Å²) in [5, 5.41) is 3.89. The fraction of sp³-hybridized carbons (Fsp3) is 0.429. The summed E-state index contributed by atoms with van der Waals surface area (Å²) in [6, 6.07) is 5.10. The van der Waals surface area contributed by atoms with E-state index in [0.29, 0.717) is 17.7 Å². The van der Waals surface area contributed by atoms with Crippen molar-refractivity contribution >= 4 is 23.5 Å². The van der Waals surface area contributed by atoms with Crippen LogP contribution in [0.4, 0.5) is 4.39 Å². The Morgan fingerprint density at radius 1 is 1.43 bits per heavy atom. The predicted octanol–water partition coefficient (Wildman–Crippen LogP) is 0.740. The van der Waals surface area contributed by atoms with Crippen molar-refractivity contribution in [1.82, 2.24) is 15.2 Å². The molecule has 1 aromatic carbocycles. The molecule has 0 amide bonds. The molecule has 1 saturated heterocycles. The van der Waals surface area contributed by atoms with E-state index >= 15 is 0 Å². The number of halogens is 1. The summed E-state index contributed by atoms with van der Waals surface area (Å²) in [6.45, 7) is 4.63. The number of nitrogens with two attached hydrogens (primary N) is 1. The number of benzene rings is 1. The van der Waals surface area contributed by atoms with E-state index in [4.69, 9.17) is 5.73 Å². The number of likely N-dealkylation sites (N-methyl/N-ethyl adjacent to an activating group) is 1. The lowest BCUT2D eigenvalue weighted by molar-refractivity contribution is 0.147. The molecule has 0 aromatic heterocycles. The average molecular weight is 309 g/mol. The first kappa shape index (κ1) is 15.8. The van der Waals surface area contributed by atoms with Gasteiger partial charge in [0.25, 0.3) is 0 Å². The zero-order valence-electron chi connectivity index (χ0n) is 12.1. The van der Waals surface area contributed by atoms with Crippen LogP contribution in [0.15, 0.2) is 23.3 Å². The second-order valence-electron chi connectivity index (χ2n) is 5.16. The molecule has 5 nitrogen and oxygen atoms in total. The Kier molecular flexibility index (Phi) is 5.60. The lowest BCUT2D eigenvalue weighted by Gasteiger charge is -2.32. The molecule has 0 spiro atoms. The summed E-state index contributed by atoms with van der Waals surface area (Å²) in [5.74, 6) is -0.215. The molecule has 0 bridgehead atoms. The first-order valence-corrected chi connectivity index (χ1v) is 7.23. The van der Waals surface area contributed by atoms with Crippen molar-refractivity contribution in [3.63, 3.8) is 0 Å². The van der Waals surface area contributed by atoms with Gasteiger partial charge in [0.15, 0.2) is 5.11 Å². The lowest BCUT2D eigenvalue weighted by Crippen LogP contribution is -2.44. The van der Waals surface area contributed by atoms with Gasteiger partial charge in [-0.2, -0.15) is 5.10 Å². The SMILES string of the molecule is CN1CCN(Cc2ccc(C=NNC(N)=S)cc2F)CC1. The first-order chi connectivity index (χ1) is 10.0. The third kappa shape index (κ3) is 5.04. The highest BCUT2D eigenvalue weighted by molar-refractivity contribution is 7.80. The summed E-state index contributed by atoms with van der Waals surface area (Å²) in [5.41, 5.74) is 9.06. The lowest BCUT2D eigenvalue weighted by atomic mass is 10.1. The van der Waals surface area contributed by atoms with Crippen LogP contribution in [-0.2, 0) is 6.54 Å². The van der Waals surface area contributed by atoms with Gasteiger partial charge in [0.2, 0.25) is 0 Å². The van der Waals surface area contributed by atoms with Crippen LogP contribution in [0.5, 0.6) is 0 Å². The summed E-state index contributed by atoms with van der Waals surface area (Å²) >= 11 is 4.63. The van der Waals surface area contributed by atoms with E-state index < -0.39 is 0 Å².